The molecule has 0 radical (unpaired) electrons. The first-order chi connectivity index (χ1) is 17.9. The molecule has 0 N–H and O–H groups in total. The number of hydrogen-bond acceptors (Lipinski definition) is 7. The summed E-state index contributed by atoms with van der Waals surface area (Å²) in [6.07, 6.45) is 6.82. The van der Waals surface area contributed by atoms with E-state index in [2.05, 4.69) is 21.0 Å². The second-order valence-corrected chi connectivity index (χ2v) is 10.1. The van der Waals surface area contributed by atoms with Crippen molar-refractivity contribution in [2.45, 2.75) is 64.9 Å². The number of halogens is 1. The Bertz CT molecular complexity index is 1350. The molecule has 2 aromatic carbocycles. The minimum Gasteiger partial charge on any atom is -0.490 e. The number of aromatic nitrogens is 2. The molecule has 0 bridgehead atoms. The molecule has 4 rings (SSSR count). The molecule has 1 aliphatic rings. The summed E-state index contributed by atoms with van der Waals surface area (Å²) in [6, 6.07) is 10.9. The van der Waals surface area contributed by atoms with E-state index in [0.29, 0.717) is 44.9 Å². The van der Waals surface area contributed by atoms with Crippen LogP contribution in [0.25, 0.3) is 10.9 Å². The number of fused-ring (bicyclic) bond motifs is 1. The van der Waals surface area contributed by atoms with Gasteiger partial charge in [0.15, 0.2) is 18.1 Å². The van der Waals surface area contributed by atoms with Crippen molar-refractivity contribution in [3.63, 3.8) is 0 Å². The van der Waals surface area contributed by atoms with Gasteiger partial charge < -0.3 is 14.2 Å². The minimum absolute atomic E-state index is 0.185. The Morgan fingerprint density at radius 2 is 1.95 bits per heavy atom. The lowest BCUT2D eigenvalue weighted by molar-refractivity contribution is -0.149. The van der Waals surface area contributed by atoms with E-state index in [1.165, 1.54) is 11.1 Å². The third-order valence-corrected chi connectivity index (χ3v) is 6.69. The average molecular weight is 570 g/mol. The summed E-state index contributed by atoms with van der Waals surface area (Å²) in [5.41, 5.74) is 1.20. The highest BCUT2D eigenvalue weighted by Crippen LogP contribution is 2.37. The number of ether oxygens (including phenoxy) is 3. The molecule has 0 amide bonds. The highest BCUT2D eigenvalue weighted by molar-refractivity contribution is 9.10. The van der Waals surface area contributed by atoms with Gasteiger partial charge in [-0.2, -0.15) is 9.78 Å². The predicted molar refractivity (Wildman–Crippen MR) is 147 cm³/mol. The smallest absolute Gasteiger partial charge is 0.344 e. The molecule has 0 saturated heterocycles. The number of carbonyl (C=O) groups excluding carboxylic acids is 1. The van der Waals surface area contributed by atoms with E-state index in [1.807, 2.05) is 25.1 Å². The van der Waals surface area contributed by atoms with Crippen molar-refractivity contribution >= 4 is 39.0 Å². The van der Waals surface area contributed by atoms with Crippen molar-refractivity contribution in [1.29, 1.82) is 0 Å². The lowest BCUT2D eigenvalue weighted by Crippen LogP contribution is -2.25. The van der Waals surface area contributed by atoms with Crippen molar-refractivity contribution in [3.05, 3.63) is 62.6 Å². The van der Waals surface area contributed by atoms with Crippen LogP contribution in [0.2, 0.25) is 0 Å². The number of para-hydroxylation sites is 1. The van der Waals surface area contributed by atoms with E-state index in [-0.39, 0.29) is 24.2 Å². The van der Waals surface area contributed by atoms with E-state index in [4.69, 9.17) is 19.2 Å². The number of hydrogen-bond donors (Lipinski definition) is 0. The van der Waals surface area contributed by atoms with Gasteiger partial charge in [-0.3, -0.25) is 4.79 Å². The molecule has 1 aromatic heterocycles. The Morgan fingerprint density at radius 1 is 1.19 bits per heavy atom. The number of carbonyl (C=O) groups is 1. The third-order valence-electron chi connectivity index (χ3n) is 6.10. The topological polar surface area (TPSA) is 92.0 Å². The van der Waals surface area contributed by atoms with Crippen LogP contribution in [0, 0.1) is 0 Å². The molecule has 1 fully saturated rings. The molecule has 37 heavy (non-hydrogen) atoms. The SMILES string of the molecule is CCOc1cc(C=Nn2c(C3CCCCC3)nc3ccccc3c2=O)cc(Br)c1OCC(=O)OC(C)C. The van der Waals surface area contributed by atoms with Gasteiger partial charge in [-0.15, -0.1) is 0 Å². The van der Waals surface area contributed by atoms with Crippen LogP contribution in [0.4, 0.5) is 0 Å². The molecular weight excluding hydrogens is 538 g/mol. The summed E-state index contributed by atoms with van der Waals surface area (Å²) in [5, 5.41) is 5.14. The monoisotopic (exact) mass is 569 g/mol. The molecule has 0 unspecified atom stereocenters. The largest absolute Gasteiger partial charge is 0.490 e. The van der Waals surface area contributed by atoms with Gasteiger partial charge in [0.1, 0.15) is 5.82 Å². The van der Waals surface area contributed by atoms with Gasteiger partial charge in [-0.05, 0) is 79.4 Å². The lowest BCUT2D eigenvalue weighted by Gasteiger charge is -2.22. The molecule has 196 valence electrons. The van der Waals surface area contributed by atoms with E-state index in [1.54, 1.807) is 38.3 Å². The molecule has 0 spiro atoms. The Morgan fingerprint density at radius 3 is 2.68 bits per heavy atom. The maximum atomic E-state index is 13.4. The highest BCUT2D eigenvalue weighted by atomic mass is 79.9. The fraction of sp³-hybridized carbons (Fsp3) is 0.429. The maximum Gasteiger partial charge on any atom is 0.344 e. The predicted octanol–water partition coefficient (Wildman–Crippen LogP) is 5.82. The van der Waals surface area contributed by atoms with Gasteiger partial charge in [0.05, 0.1) is 34.3 Å². The van der Waals surface area contributed by atoms with Crippen molar-refractivity contribution in [1.82, 2.24) is 9.66 Å². The summed E-state index contributed by atoms with van der Waals surface area (Å²) in [7, 11) is 0. The normalized spacial score (nSPS) is 14.4. The zero-order valence-corrected chi connectivity index (χ0v) is 23.0. The number of rotatable bonds is 9. The molecule has 8 nitrogen and oxygen atoms in total. The molecule has 3 aromatic rings. The Balaban J connectivity index is 1.69. The highest BCUT2D eigenvalue weighted by Gasteiger charge is 2.22. The zero-order valence-electron chi connectivity index (χ0n) is 21.4. The quantitative estimate of drug-likeness (QED) is 0.238. The molecule has 1 aliphatic carbocycles. The van der Waals surface area contributed by atoms with Crippen molar-refractivity contribution < 1.29 is 19.0 Å². The molecule has 1 saturated carbocycles. The lowest BCUT2D eigenvalue weighted by atomic mass is 9.88. The summed E-state index contributed by atoms with van der Waals surface area (Å²) in [6.45, 7) is 5.59. The Labute approximate surface area is 224 Å². The summed E-state index contributed by atoms with van der Waals surface area (Å²) >= 11 is 3.52. The van der Waals surface area contributed by atoms with Crippen molar-refractivity contribution in [2.24, 2.45) is 5.10 Å². The van der Waals surface area contributed by atoms with Crippen LogP contribution in [-0.2, 0) is 9.53 Å². The zero-order chi connectivity index (χ0) is 26.4. The summed E-state index contributed by atoms with van der Waals surface area (Å²) in [4.78, 5) is 30.3. The Kier molecular flexibility index (Phi) is 8.97. The fourth-order valence-electron chi connectivity index (χ4n) is 4.50. The second-order valence-electron chi connectivity index (χ2n) is 9.27. The van der Waals surface area contributed by atoms with E-state index in [0.717, 1.165) is 25.7 Å². The first-order valence-electron chi connectivity index (χ1n) is 12.7. The van der Waals surface area contributed by atoms with Gasteiger partial charge >= 0.3 is 5.97 Å². The van der Waals surface area contributed by atoms with Crippen LogP contribution in [0.3, 0.4) is 0 Å². The molecule has 9 heteroatoms. The fourth-order valence-corrected chi connectivity index (χ4v) is 5.07. The van der Waals surface area contributed by atoms with Crippen LogP contribution in [0.1, 0.15) is 70.2 Å². The number of esters is 1. The second kappa shape index (κ2) is 12.4. The van der Waals surface area contributed by atoms with Crippen molar-refractivity contribution in [2.75, 3.05) is 13.2 Å². The summed E-state index contributed by atoms with van der Waals surface area (Å²) < 4.78 is 18.7. The third kappa shape index (κ3) is 6.57. The molecule has 1 heterocycles. The van der Waals surface area contributed by atoms with Crippen molar-refractivity contribution in [3.8, 4) is 11.5 Å². The summed E-state index contributed by atoms with van der Waals surface area (Å²) in [5.74, 6) is 1.27. The van der Waals surface area contributed by atoms with Gasteiger partial charge in [0.2, 0.25) is 0 Å². The van der Waals surface area contributed by atoms with E-state index < -0.39 is 5.97 Å². The minimum atomic E-state index is -0.464. The van der Waals surface area contributed by atoms with Gasteiger partial charge in [0.25, 0.3) is 5.56 Å². The van der Waals surface area contributed by atoms with Gasteiger partial charge in [-0.25, -0.2) is 9.78 Å². The molecular formula is C28H32BrN3O5. The van der Waals surface area contributed by atoms with Gasteiger partial charge in [0, 0.05) is 5.92 Å². The van der Waals surface area contributed by atoms with Crippen LogP contribution in [-0.4, -0.2) is 41.2 Å². The average Bonchev–Trinajstić information content (AvgIpc) is 2.88. The number of benzene rings is 2. The first-order valence-corrected chi connectivity index (χ1v) is 13.5. The van der Waals surface area contributed by atoms with Crippen LogP contribution >= 0.6 is 15.9 Å². The van der Waals surface area contributed by atoms with E-state index in [9.17, 15) is 9.59 Å². The first kappa shape index (κ1) is 26.9. The molecule has 0 aliphatic heterocycles. The van der Waals surface area contributed by atoms with Crippen LogP contribution < -0.4 is 15.0 Å². The maximum absolute atomic E-state index is 13.4. The van der Waals surface area contributed by atoms with Crippen LogP contribution in [0.15, 0.2) is 50.8 Å². The Hall–Kier alpha value is -3.20. The molecule has 0 atom stereocenters. The van der Waals surface area contributed by atoms with Crippen LogP contribution in [0.5, 0.6) is 11.5 Å². The van der Waals surface area contributed by atoms with E-state index >= 15 is 0 Å². The number of nitrogens with zero attached hydrogens (tertiary/aromatic N) is 3. The standard InChI is InChI=1S/C28H32BrN3O5/c1-4-35-24-15-19(14-22(29)26(24)36-17-25(33)37-18(2)3)16-30-32-27(20-10-6-5-7-11-20)31-23-13-9-8-12-21(23)28(32)34/h8-9,12-16,18,20H,4-7,10-11,17H2,1-3H3. The van der Waals surface area contributed by atoms with Gasteiger partial charge in [-0.1, -0.05) is 31.4 Å².